The normalized spacial score (nSPS) is 18.5. The second-order valence-electron chi connectivity index (χ2n) is 14.1. The summed E-state index contributed by atoms with van der Waals surface area (Å²) in [7, 11) is -2.76. The van der Waals surface area contributed by atoms with Crippen molar-refractivity contribution in [3.05, 3.63) is 60.2 Å². The Kier molecular flexibility index (Phi) is 13.9. The second-order valence-corrected chi connectivity index (χ2v) is 15.4. The highest BCUT2D eigenvalue weighted by Gasteiger charge is 2.44. The van der Waals surface area contributed by atoms with Crippen LogP contribution in [0.2, 0.25) is 0 Å². The van der Waals surface area contributed by atoms with Gasteiger partial charge in [0.05, 0.1) is 12.1 Å². The molecular formula is C36H52N6O9S. The highest BCUT2D eigenvalue weighted by Crippen LogP contribution is 2.39. The Balaban J connectivity index is 1.20. The van der Waals surface area contributed by atoms with E-state index in [1.165, 1.54) is 22.0 Å². The summed E-state index contributed by atoms with van der Waals surface area (Å²) in [4.78, 5) is 68.1. The molecule has 1 aromatic rings. The zero-order valence-electron chi connectivity index (χ0n) is 30.1. The number of allylic oxidation sites excluding steroid dienone is 1. The zero-order valence-corrected chi connectivity index (χ0v) is 30.9. The van der Waals surface area contributed by atoms with Gasteiger partial charge in [0.2, 0.25) is 11.8 Å². The van der Waals surface area contributed by atoms with Crippen molar-refractivity contribution < 1.29 is 41.7 Å². The maximum atomic E-state index is 13.2. The van der Waals surface area contributed by atoms with Crippen molar-refractivity contribution in [3.8, 4) is 0 Å². The molecule has 1 aliphatic carbocycles. The summed E-state index contributed by atoms with van der Waals surface area (Å²) in [6.07, 6.45) is 7.82. The number of carboxylic acid groups (broad SMARTS) is 1. The van der Waals surface area contributed by atoms with Crippen LogP contribution in [0.1, 0.15) is 81.4 Å². The molecular weight excluding hydrogens is 692 g/mol. The van der Waals surface area contributed by atoms with E-state index in [2.05, 4.69) is 23.8 Å². The molecule has 52 heavy (non-hydrogen) atoms. The first-order valence-electron chi connectivity index (χ1n) is 17.8. The first-order chi connectivity index (χ1) is 24.6. The molecule has 3 unspecified atom stereocenters. The molecule has 15 nitrogen and oxygen atoms in total. The van der Waals surface area contributed by atoms with Crippen LogP contribution in [-0.4, -0.2) is 102 Å². The number of urea groups is 1. The van der Waals surface area contributed by atoms with Crippen LogP contribution < -0.4 is 15.4 Å². The number of carbonyl (C=O) groups excluding carboxylic acids is 4. The maximum Gasteiger partial charge on any atom is 0.407 e. The minimum absolute atomic E-state index is 0.119. The van der Waals surface area contributed by atoms with Crippen LogP contribution in [0.4, 0.5) is 9.59 Å². The number of nitrogens with one attached hydrogen (secondary N) is 3. The summed E-state index contributed by atoms with van der Waals surface area (Å²) in [6.45, 7) is 10.5. The van der Waals surface area contributed by atoms with Crippen LogP contribution in [-0.2, 0) is 48.4 Å². The molecule has 1 aromatic carbocycles. The van der Waals surface area contributed by atoms with Crippen molar-refractivity contribution in [3.63, 3.8) is 0 Å². The van der Waals surface area contributed by atoms with Crippen molar-refractivity contribution >= 4 is 40.2 Å². The molecule has 286 valence electrons. The van der Waals surface area contributed by atoms with E-state index in [1.54, 1.807) is 18.9 Å². The van der Waals surface area contributed by atoms with Crippen molar-refractivity contribution in [2.45, 2.75) is 102 Å². The Bertz CT molecular complexity index is 1630. The molecule has 0 aromatic heterocycles. The lowest BCUT2D eigenvalue weighted by molar-refractivity contribution is -0.133. The first-order valence-corrected chi connectivity index (χ1v) is 19.2. The summed E-state index contributed by atoms with van der Waals surface area (Å²) in [5.74, 6) is -2.51. The van der Waals surface area contributed by atoms with Gasteiger partial charge in [0.25, 0.3) is 5.91 Å². The maximum absolute atomic E-state index is 13.2. The molecule has 3 aliphatic rings. The van der Waals surface area contributed by atoms with Gasteiger partial charge >= 0.3 is 22.4 Å². The SMILES string of the molecule is C=CCC(C=C)C(NC(=O)CC1CCCN1C(=O)CNC(=O)N(C)CCCCCc1cccc2c1CN(C(=O)O)C2)C(=O)NS(=O)(=O)OC1(C)CC1. The summed E-state index contributed by atoms with van der Waals surface area (Å²) in [5.41, 5.74) is 2.44. The first kappa shape index (κ1) is 40.3. The molecule has 2 heterocycles. The lowest BCUT2D eigenvalue weighted by Gasteiger charge is -2.28. The topological polar surface area (TPSA) is 195 Å². The minimum atomic E-state index is -4.42. The average molecular weight is 745 g/mol. The Morgan fingerprint density at radius 3 is 2.56 bits per heavy atom. The van der Waals surface area contributed by atoms with Gasteiger partial charge < -0.3 is 25.5 Å². The largest absolute Gasteiger partial charge is 0.465 e. The minimum Gasteiger partial charge on any atom is -0.465 e. The third-order valence-electron chi connectivity index (χ3n) is 9.91. The monoisotopic (exact) mass is 744 g/mol. The van der Waals surface area contributed by atoms with Crippen molar-refractivity contribution in [1.29, 1.82) is 0 Å². The number of nitrogens with zero attached hydrogens (tertiary/aromatic N) is 3. The van der Waals surface area contributed by atoms with Gasteiger partial charge in [-0.1, -0.05) is 36.8 Å². The summed E-state index contributed by atoms with van der Waals surface area (Å²) in [6, 6.07) is 3.83. The molecule has 6 amide bonds. The van der Waals surface area contributed by atoms with E-state index in [4.69, 9.17) is 4.18 Å². The highest BCUT2D eigenvalue weighted by atomic mass is 32.2. The lowest BCUT2D eigenvalue weighted by atomic mass is 9.95. The number of unbranched alkanes of at least 4 members (excludes halogenated alkanes) is 2. The molecule has 0 bridgehead atoms. The molecule has 1 saturated heterocycles. The molecule has 0 spiro atoms. The second kappa shape index (κ2) is 17.9. The number of carbonyl (C=O) groups is 5. The van der Waals surface area contributed by atoms with Crippen LogP contribution in [0.5, 0.6) is 0 Å². The Morgan fingerprint density at radius 2 is 1.88 bits per heavy atom. The van der Waals surface area contributed by atoms with Gasteiger partial charge in [-0.25, -0.2) is 18.5 Å². The number of amides is 6. The van der Waals surface area contributed by atoms with E-state index >= 15 is 0 Å². The van der Waals surface area contributed by atoms with Crippen molar-refractivity contribution in [1.82, 2.24) is 30.1 Å². The van der Waals surface area contributed by atoms with Crippen LogP contribution in [0.25, 0.3) is 0 Å². The Labute approximate surface area is 306 Å². The summed E-state index contributed by atoms with van der Waals surface area (Å²) < 4.78 is 32.0. The lowest BCUT2D eigenvalue weighted by Crippen LogP contribution is -2.53. The predicted octanol–water partition coefficient (Wildman–Crippen LogP) is 3.21. The van der Waals surface area contributed by atoms with Gasteiger partial charge in [0.1, 0.15) is 6.04 Å². The van der Waals surface area contributed by atoms with E-state index in [0.717, 1.165) is 42.4 Å². The zero-order chi connectivity index (χ0) is 38.1. The molecule has 2 aliphatic heterocycles. The molecule has 3 atom stereocenters. The number of likely N-dealkylation sites (tertiary alicyclic amines) is 1. The van der Waals surface area contributed by atoms with Crippen LogP contribution in [0.15, 0.2) is 43.5 Å². The quantitative estimate of drug-likeness (QED) is 0.122. The van der Waals surface area contributed by atoms with Crippen LogP contribution in [0, 0.1) is 5.92 Å². The van der Waals surface area contributed by atoms with E-state index < -0.39 is 57.8 Å². The van der Waals surface area contributed by atoms with Gasteiger partial charge in [-0.05, 0) is 75.0 Å². The van der Waals surface area contributed by atoms with E-state index in [-0.39, 0.29) is 25.3 Å². The fraction of sp³-hybridized carbons (Fsp3) is 0.583. The van der Waals surface area contributed by atoms with E-state index in [1.807, 2.05) is 22.9 Å². The fourth-order valence-electron chi connectivity index (χ4n) is 6.67. The number of fused-ring (bicyclic) bond motifs is 1. The molecule has 4 N–H and O–H groups in total. The van der Waals surface area contributed by atoms with Crippen LogP contribution in [0.3, 0.4) is 0 Å². The number of rotatable bonds is 19. The Morgan fingerprint density at radius 1 is 1.13 bits per heavy atom. The van der Waals surface area contributed by atoms with Crippen LogP contribution >= 0.6 is 0 Å². The van der Waals surface area contributed by atoms with Gasteiger partial charge in [0.15, 0.2) is 0 Å². The Hall–Kier alpha value is -4.44. The third kappa shape index (κ3) is 11.3. The number of aryl methyl sites for hydroxylation is 1. The van der Waals surface area contributed by atoms with Crippen molar-refractivity contribution in [2.75, 3.05) is 26.7 Å². The van der Waals surface area contributed by atoms with E-state index in [9.17, 15) is 37.5 Å². The van der Waals surface area contributed by atoms with Gasteiger partial charge in [0, 0.05) is 51.6 Å². The van der Waals surface area contributed by atoms with Crippen molar-refractivity contribution in [2.24, 2.45) is 5.92 Å². The highest BCUT2D eigenvalue weighted by molar-refractivity contribution is 7.85. The molecule has 16 heteroatoms. The summed E-state index contributed by atoms with van der Waals surface area (Å²) >= 11 is 0. The smallest absolute Gasteiger partial charge is 0.407 e. The standard InChI is InChI=1S/C36H52N6O9S/c1-5-12-25(6-2)32(33(45)39-52(49,50)51-36(3)17-18-36)38-30(43)21-28-16-11-20-42(28)31(44)22-37-34(46)40(4)19-9-7-8-13-26-14-10-15-27-23-41(35(47)48)24-29(26)27/h5-6,10,14-15,25,28,32H,1-2,7-9,11-13,16-24H2,3-4H3,(H,37,46)(H,38,43)(H,39,45)(H,47,48). The molecule has 2 fully saturated rings. The predicted molar refractivity (Wildman–Crippen MR) is 193 cm³/mol. The van der Waals surface area contributed by atoms with Gasteiger partial charge in [-0.2, -0.15) is 8.42 Å². The molecule has 4 rings (SSSR count). The number of hydrogen-bond acceptors (Lipinski definition) is 8. The molecule has 0 radical (unpaired) electrons. The van der Waals surface area contributed by atoms with Gasteiger partial charge in [-0.15, -0.1) is 13.2 Å². The summed E-state index contributed by atoms with van der Waals surface area (Å²) in [5, 5.41) is 14.6. The van der Waals surface area contributed by atoms with Gasteiger partial charge in [-0.3, -0.25) is 19.3 Å². The van der Waals surface area contributed by atoms with E-state index in [0.29, 0.717) is 51.9 Å². The average Bonchev–Trinajstić information content (AvgIpc) is 3.43. The number of benzene rings is 1. The third-order valence-corrected chi connectivity index (χ3v) is 11.0. The fourth-order valence-corrected chi connectivity index (χ4v) is 7.79. The number of hydrogen-bond donors (Lipinski definition) is 4. The molecule has 1 saturated carbocycles.